The van der Waals surface area contributed by atoms with E-state index in [9.17, 15) is 13.2 Å². The van der Waals surface area contributed by atoms with Gasteiger partial charge < -0.3 is 4.90 Å². The molecule has 1 aromatic heterocycles. The van der Waals surface area contributed by atoms with Crippen LogP contribution in [-0.2, 0) is 29.7 Å². The molecule has 1 unspecified atom stereocenters. The maximum Gasteiger partial charge on any atom is 0.274 e. The molecule has 2 aliphatic rings. The number of sulfone groups is 1. The molecule has 2 aromatic rings. The number of amides is 1. The fourth-order valence-corrected chi connectivity index (χ4v) is 5.94. The molecule has 7 heteroatoms. The number of carbonyl (C=O) groups is 1. The lowest BCUT2D eigenvalue weighted by Gasteiger charge is -2.22. The van der Waals surface area contributed by atoms with Crippen molar-refractivity contribution in [2.24, 2.45) is 7.05 Å². The van der Waals surface area contributed by atoms with Gasteiger partial charge in [-0.3, -0.25) is 9.48 Å². The highest BCUT2D eigenvalue weighted by Gasteiger charge is 2.33. The summed E-state index contributed by atoms with van der Waals surface area (Å²) in [5, 5.41) is 4.40. The molecule has 0 saturated carbocycles. The average Bonchev–Trinajstić information content (AvgIpc) is 3.22. The Labute approximate surface area is 160 Å². The minimum Gasteiger partial charge on any atom is -0.336 e. The van der Waals surface area contributed by atoms with Crippen molar-refractivity contribution in [3.63, 3.8) is 0 Å². The van der Waals surface area contributed by atoms with Crippen LogP contribution < -0.4 is 0 Å². The lowest BCUT2D eigenvalue weighted by atomic mass is 9.90. The van der Waals surface area contributed by atoms with Crippen molar-refractivity contribution in [1.29, 1.82) is 0 Å². The third-order valence-corrected chi connectivity index (χ3v) is 7.57. The molecule has 1 aliphatic heterocycles. The summed E-state index contributed by atoms with van der Waals surface area (Å²) in [6, 6.07) is 8.05. The lowest BCUT2D eigenvalue weighted by Crippen LogP contribution is -2.38. The standard InChI is InChI=1S/C20H25N3O3S/c1-22(17-9-10-27(25,26)13-17)20(24)18-12-19(23(2)21-18)16-8-7-14-5-3-4-6-15(14)11-16/h7-8,11-12,17H,3-6,9-10,13H2,1-2H3. The summed E-state index contributed by atoms with van der Waals surface area (Å²) < 4.78 is 25.1. The van der Waals surface area contributed by atoms with Crippen molar-refractivity contribution in [3.05, 3.63) is 41.1 Å². The van der Waals surface area contributed by atoms with Crippen LogP contribution in [0.2, 0.25) is 0 Å². The van der Waals surface area contributed by atoms with E-state index >= 15 is 0 Å². The summed E-state index contributed by atoms with van der Waals surface area (Å²) in [6.07, 6.45) is 5.21. The summed E-state index contributed by atoms with van der Waals surface area (Å²) >= 11 is 0. The normalized spacial score (nSPS) is 21.0. The average molecular weight is 388 g/mol. The van der Waals surface area contributed by atoms with Gasteiger partial charge in [0.25, 0.3) is 5.91 Å². The molecule has 1 amide bonds. The van der Waals surface area contributed by atoms with Crippen LogP contribution in [0.1, 0.15) is 40.9 Å². The first-order chi connectivity index (χ1) is 12.8. The quantitative estimate of drug-likeness (QED) is 0.810. The van der Waals surface area contributed by atoms with Gasteiger partial charge in [0.05, 0.1) is 17.2 Å². The van der Waals surface area contributed by atoms with E-state index in [2.05, 4.69) is 23.3 Å². The van der Waals surface area contributed by atoms with Crippen LogP contribution in [0.15, 0.2) is 24.3 Å². The molecule has 0 spiro atoms. The van der Waals surface area contributed by atoms with Crippen LogP contribution in [0.5, 0.6) is 0 Å². The molecule has 0 N–H and O–H groups in total. The number of rotatable bonds is 3. The van der Waals surface area contributed by atoms with Gasteiger partial charge in [-0.1, -0.05) is 12.1 Å². The minimum atomic E-state index is -3.03. The van der Waals surface area contributed by atoms with Gasteiger partial charge in [0.15, 0.2) is 15.5 Å². The van der Waals surface area contributed by atoms with Crippen LogP contribution in [0, 0.1) is 0 Å². The zero-order valence-corrected chi connectivity index (χ0v) is 16.6. The van der Waals surface area contributed by atoms with E-state index in [-0.39, 0.29) is 23.5 Å². The highest BCUT2D eigenvalue weighted by atomic mass is 32.2. The summed E-state index contributed by atoms with van der Waals surface area (Å²) in [4.78, 5) is 14.4. The number of fused-ring (bicyclic) bond motifs is 1. The third kappa shape index (κ3) is 3.52. The summed E-state index contributed by atoms with van der Waals surface area (Å²) in [6.45, 7) is 0. The first kappa shape index (κ1) is 18.2. The molecular formula is C20H25N3O3S. The number of hydrogen-bond donors (Lipinski definition) is 0. The maximum absolute atomic E-state index is 12.8. The molecule has 1 atom stereocenters. The zero-order valence-electron chi connectivity index (χ0n) is 15.8. The van der Waals surface area contributed by atoms with E-state index in [1.165, 1.54) is 28.9 Å². The molecule has 4 rings (SSSR count). The molecule has 2 heterocycles. The van der Waals surface area contributed by atoms with Gasteiger partial charge >= 0.3 is 0 Å². The van der Waals surface area contributed by atoms with Crippen molar-refractivity contribution in [1.82, 2.24) is 14.7 Å². The summed E-state index contributed by atoms with van der Waals surface area (Å²) in [5.74, 6) is -0.0330. The van der Waals surface area contributed by atoms with E-state index < -0.39 is 9.84 Å². The van der Waals surface area contributed by atoms with Crippen molar-refractivity contribution < 1.29 is 13.2 Å². The Hall–Kier alpha value is -2.15. The minimum absolute atomic E-state index is 0.0414. The molecule has 144 valence electrons. The molecule has 1 fully saturated rings. The number of nitrogens with zero attached hydrogens (tertiary/aromatic N) is 3. The van der Waals surface area contributed by atoms with Gasteiger partial charge in [0, 0.05) is 25.7 Å². The SMILES string of the molecule is CN(C(=O)c1cc(-c2ccc3c(c2)CCCC3)n(C)n1)C1CCS(=O)(=O)C1. The lowest BCUT2D eigenvalue weighted by molar-refractivity contribution is 0.0741. The smallest absolute Gasteiger partial charge is 0.274 e. The van der Waals surface area contributed by atoms with E-state index in [1.54, 1.807) is 11.7 Å². The Balaban J connectivity index is 1.59. The molecule has 0 bridgehead atoms. The Morgan fingerprint density at radius 2 is 1.93 bits per heavy atom. The summed E-state index contributed by atoms with van der Waals surface area (Å²) in [7, 11) is 0.476. The molecule has 0 radical (unpaired) electrons. The number of carbonyl (C=O) groups excluding carboxylic acids is 1. The largest absolute Gasteiger partial charge is 0.336 e. The van der Waals surface area contributed by atoms with Crippen molar-refractivity contribution >= 4 is 15.7 Å². The Morgan fingerprint density at radius 3 is 2.63 bits per heavy atom. The Kier molecular flexibility index (Phi) is 4.58. The third-order valence-electron chi connectivity index (χ3n) is 5.82. The van der Waals surface area contributed by atoms with E-state index in [4.69, 9.17) is 0 Å². The van der Waals surface area contributed by atoms with Crippen molar-refractivity contribution in [2.45, 2.75) is 38.1 Å². The van der Waals surface area contributed by atoms with E-state index in [1.807, 2.05) is 13.1 Å². The van der Waals surface area contributed by atoms with E-state index in [0.29, 0.717) is 12.1 Å². The fraction of sp³-hybridized carbons (Fsp3) is 0.500. The number of hydrogen-bond acceptors (Lipinski definition) is 4. The Bertz CT molecular complexity index is 994. The highest BCUT2D eigenvalue weighted by Crippen LogP contribution is 2.28. The van der Waals surface area contributed by atoms with Gasteiger partial charge in [0.1, 0.15) is 0 Å². The fourth-order valence-electron chi connectivity index (χ4n) is 4.16. The molecule has 1 aliphatic carbocycles. The van der Waals surface area contributed by atoms with Crippen molar-refractivity contribution in [2.75, 3.05) is 18.6 Å². The van der Waals surface area contributed by atoms with Crippen LogP contribution in [0.4, 0.5) is 0 Å². The summed E-state index contributed by atoms with van der Waals surface area (Å²) in [5.41, 5.74) is 5.14. The molecule has 1 aromatic carbocycles. The van der Waals surface area contributed by atoms with Gasteiger partial charge in [-0.15, -0.1) is 0 Å². The molecule has 27 heavy (non-hydrogen) atoms. The van der Waals surface area contributed by atoms with Crippen LogP contribution in [0.3, 0.4) is 0 Å². The number of aromatic nitrogens is 2. The second-order valence-corrected chi connectivity index (χ2v) is 9.93. The number of benzene rings is 1. The van der Waals surface area contributed by atoms with Crippen LogP contribution in [0.25, 0.3) is 11.3 Å². The topological polar surface area (TPSA) is 72.3 Å². The van der Waals surface area contributed by atoms with Crippen molar-refractivity contribution in [3.8, 4) is 11.3 Å². The van der Waals surface area contributed by atoms with Gasteiger partial charge in [0.2, 0.25) is 0 Å². The predicted octanol–water partition coefficient (Wildman–Crippen LogP) is 2.22. The highest BCUT2D eigenvalue weighted by molar-refractivity contribution is 7.91. The van der Waals surface area contributed by atoms with E-state index in [0.717, 1.165) is 24.1 Å². The predicted molar refractivity (Wildman–Crippen MR) is 104 cm³/mol. The molecule has 1 saturated heterocycles. The monoisotopic (exact) mass is 387 g/mol. The van der Waals surface area contributed by atoms with Crippen LogP contribution >= 0.6 is 0 Å². The van der Waals surface area contributed by atoms with Gasteiger partial charge in [-0.05, 0) is 55.4 Å². The Morgan fingerprint density at radius 1 is 1.19 bits per heavy atom. The molecular weight excluding hydrogens is 362 g/mol. The van der Waals surface area contributed by atoms with Gasteiger partial charge in [-0.25, -0.2) is 8.42 Å². The zero-order chi connectivity index (χ0) is 19.2. The number of aryl methyl sites for hydroxylation is 3. The molecule has 6 nitrogen and oxygen atoms in total. The van der Waals surface area contributed by atoms with Gasteiger partial charge in [-0.2, -0.15) is 5.10 Å². The maximum atomic E-state index is 12.8. The second-order valence-electron chi connectivity index (χ2n) is 7.70. The van der Waals surface area contributed by atoms with Crippen LogP contribution in [-0.4, -0.2) is 53.6 Å². The second kappa shape index (κ2) is 6.78. The first-order valence-electron chi connectivity index (χ1n) is 9.48. The first-order valence-corrected chi connectivity index (χ1v) is 11.3.